The van der Waals surface area contributed by atoms with Gasteiger partial charge in [-0.15, -0.1) is 0 Å². The zero-order valence-corrected chi connectivity index (χ0v) is 17.6. The van der Waals surface area contributed by atoms with Crippen molar-refractivity contribution in [2.75, 3.05) is 29.4 Å². The summed E-state index contributed by atoms with van der Waals surface area (Å²) in [5.74, 6) is -0.511. The molecule has 1 aliphatic heterocycles. The second kappa shape index (κ2) is 8.52. The number of hydrogen-bond donors (Lipinski definition) is 2. The van der Waals surface area contributed by atoms with E-state index in [9.17, 15) is 21.6 Å². The van der Waals surface area contributed by atoms with E-state index in [1.54, 1.807) is 12.1 Å². The van der Waals surface area contributed by atoms with Crippen molar-refractivity contribution in [2.24, 2.45) is 0 Å². The van der Waals surface area contributed by atoms with Crippen molar-refractivity contribution in [3.05, 3.63) is 54.1 Å². The van der Waals surface area contributed by atoms with Gasteiger partial charge in [0.1, 0.15) is 0 Å². The summed E-state index contributed by atoms with van der Waals surface area (Å²) in [6.45, 7) is 1.04. The van der Waals surface area contributed by atoms with Crippen LogP contribution in [-0.2, 0) is 20.0 Å². The molecular formula is C19H23N3O5S2. The fraction of sp³-hybridized carbons (Fsp3) is 0.316. The second-order valence-corrected chi connectivity index (χ2v) is 10.5. The number of carbonyl (C=O) groups is 1. The van der Waals surface area contributed by atoms with Crippen LogP contribution in [0.25, 0.3) is 0 Å². The number of piperidine rings is 1. The number of benzene rings is 2. The highest BCUT2D eigenvalue weighted by Crippen LogP contribution is 2.23. The maximum Gasteiger partial charge on any atom is 0.257 e. The minimum absolute atomic E-state index is 0.155. The molecule has 0 aliphatic carbocycles. The lowest BCUT2D eigenvalue weighted by molar-refractivity contribution is 0.102. The highest BCUT2D eigenvalue weighted by atomic mass is 32.2. The molecule has 0 spiro atoms. The number of sulfonamides is 2. The number of anilines is 2. The van der Waals surface area contributed by atoms with E-state index in [1.165, 1.54) is 40.7 Å². The van der Waals surface area contributed by atoms with E-state index in [-0.39, 0.29) is 16.1 Å². The van der Waals surface area contributed by atoms with Crippen LogP contribution >= 0.6 is 0 Å². The summed E-state index contributed by atoms with van der Waals surface area (Å²) in [6, 6.07) is 12.2. The van der Waals surface area contributed by atoms with Gasteiger partial charge in [0.25, 0.3) is 5.91 Å². The van der Waals surface area contributed by atoms with Gasteiger partial charge in [-0.1, -0.05) is 18.6 Å². The summed E-state index contributed by atoms with van der Waals surface area (Å²) in [4.78, 5) is 12.8. The van der Waals surface area contributed by atoms with Gasteiger partial charge >= 0.3 is 0 Å². The fourth-order valence-corrected chi connectivity index (χ4v) is 5.23. The molecule has 0 bridgehead atoms. The van der Waals surface area contributed by atoms with Gasteiger partial charge in [0.15, 0.2) is 0 Å². The number of hydrogen-bond acceptors (Lipinski definition) is 5. The molecular weight excluding hydrogens is 414 g/mol. The monoisotopic (exact) mass is 437 g/mol. The van der Waals surface area contributed by atoms with E-state index >= 15 is 0 Å². The Labute approximate surface area is 171 Å². The molecule has 1 saturated heterocycles. The number of rotatable bonds is 6. The Morgan fingerprint density at radius 3 is 2.14 bits per heavy atom. The number of nitrogens with one attached hydrogen (secondary N) is 2. The lowest BCUT2D eigenvalue weighted by atomic mass is 10.1. The molecule has 2 N–H and O–H groups in total. The standard InChI is InChI=1S/C19H23N3O5S2/c1-28(24,25)21-18-8-4-3-7-17(18)19(23)20-15-9-11-16(12-10-15)29(26,27)22-13-5-2-6-14-22/h3-4,7-12,21H,2,5-6,13-14H2,1H3,(H,20,23). The van der Waals surface area contributed by atoms with Gasteiger partial charge in [0, 0.05) is 18.8 Å². The highest BCUT2D eigenvalue weighted by molar-refractivity contribution is 7.92. The minimum Gasteiger partial charge on any atom is -0.322 e. The molecule has 0 unspecified atom stereocenters. The van der Waals surface area contributed by atoms with Gasteiger partial charge in [-0.2, -0.15) is 4.31 Å². The first kappa shape index (κ1) is 21.3. The van der Waals surface area contributed by atoms with Crippen molar-refractivity contribution >= 4 is 37.3 Å². The van der Waals surface area contributed by atoms with Gasteiger partial charge in [-0.05, 0) is 49.2 Å². The van der Waals surface area contributed by atoms with Gasteiger partial charge in [0.2, 0.25) is 20.0 Å². The number of amides is 1. The van der Waals surface area contributed by atoms with E-state index in [1.807, 2.05) is 0 Å². The molecule has 8 nitrogen and oxygen atoms in total. The van der Waals surface area contributed by atoms with E-state index in [2.05, 4.69) is 10.0 Å². The van der Waals surface area contributed by atoms with Crippen molar-refractivity contribution in [1.82, 2.24) is 4.31 Å². The SMILES string of the molecule is CS(=O)(=O)Nc1ccccc1C(=O)Nc1ccc(S(=O)(=O)N2CCCCC2)cc1. The average molecular weight is 438 g/mol. The van der Waals surface area contributed by atoms with Gasteiger partial charge in [-0.25, -0.2) is 16.8 Å². The predicted octanol–water partition coefficient (Wildman–Crippen LogP) is 2.49. The Balaban J connectivity index is 1.76. The quantitative estimate of drug-likeness (QED) is 0.721. The summed E-state index contributed by atoms with van der Waals surface area (Å²) >= 11 is 0. The maximum atomic E-state index is 12.7. The van der Waals surface area contributed by atoms with Gasteiger partial charge in [0.05, 0.1) is 22.4 Å². The lowest BCUT2D eigenvalue weighted by Crippen LogP contribution is -2.35. The first-order valence-corrected chi connectivity index (χ1v) is 12.5. The number of nitrogens with zero attached hydrogens (tertiary/aromatic N) is 1. The van der Waals surface area contributed by atoms with E-state index in [0.29, 0.717) is 18.8 Å². The molecule has 0 saturated carbocycles. The molecule has 1 heterocycles. The summed E-state index contributed by atoms with van der Waals surface area (Å²) in [5.41, 5.74) is 0.724. The van der Waals surface area contributed by atoms with Crippen LogP contribution in [0.3, 0.4) is 0 Å². The van der Waals surface area contributed by atoms with Crippen LogP contribution in [-0.4, -0.2) is 46.4 Å². The minimum atomic E-state index is -3.54. The Hall–Kier alpha value is -2.43. The fourth-order valence-electron chi connectivity index (χ4n) is 3.13. The van der Waals surface area contributed by atoms with Crippen LogP contribution in [0.1, 0.15) is 29.6 Å². The summed E-state index contributed by atoms with van der Waals surface area (Å²) in [5, 5.41) is 2.66. The Bertz CT molecular complexity index is 1090. The van der Waals surface area contributed by atoms with Crippen molar-refractivity contribution in [2.45, 2.75) is 24.2 Å². The summed E-state index contributed by atoms with van der Waals surface area (Å²) < 4.78 is 52.2. The molecule has 2 aromatic carbocycles. The molecule has 156 valence electrons. The maximum absolute atomic E-state index is 12.7. The van der Waals surface area contributed by atoms with Crippen LogP contribution in [0.2, 0.25) is 0 Å². The molecule has 0 radical (unpaired) electrons. The van der Waals surface area contributed by atoms with Crippen molar-refractivity contribution in [3.63, 3.8) is 0 Å². The van der Waals surface area contributed by atoms with Crippen LogP contribution in [0, 0.1) is 0 Å². The second-order valence-electron chi connectivity index (χ2n) is 6.86. The van der Waals surface area contributed by atoms with Crippen LogP contribution in [0.4, 0.5) is 11.4 Å². The third-order valence-electron chi connectivity index (χ3n) is 4.53. The van der Waals surface area contributed by atoms with E-state index < -0.39 is 26.0 Å². The predicted molar refractivity (Wildman–Crippen MR) is 112 cm³/mol. The zero-order valence-electron chi connectivity index (χ0n) is 16.0. The van der Waals surface area contributed by atoms with Crippen molar-refractivity contribution in [3.8, 4) is 0 Å². The zero-order chi connectivity index (χ0) is 21.1. The van der Waals surface area contributed by atoms with Gasteiger partial charge in [-0.3, -0.25) is 9.52 Å². The van der Waals surface area contributed by atoms with E-state index in [0.717, 1.165) is 25.5 Å². The van der Waals surface area contributed by atoms with Crippen molar-refractivity contribution in [1.29, 1.82) is 0 Å². The third-order valence-corrected chi connectivity index (χ3v) is 7.04. The highest BCUT2D eigenvalue weighted by Gasteiger charge is 2.25. The smallest absolute Gasteiger partial charge is 0.257 e. The molecule has 0 atom stereocenters. The molecule has 1 aliphatic rings. The van der Waals surface area contributed by atoms with Crippen molar-refractivity contribution < 1.29 is 21.6 Å². The molecule has 29 heavy (non-hydrogen) atoms. The lowest BCUT2D eigenvalue weighted by Gasteiger charge is -2.25. The average Bonchev–Trinajstić information content (AvgIpc) is 2.68. The normalized spacial score (nSPS) is 15.6. The Morgan fingerprint density at radius 2 is 1.52 bits per heavy atom. The van der Waals surface area contributed by atoms with Crippen LogP contribution in [0.5, 0.6) is 0 Å². The van der Waals surface area contributed by atoms with Crippen LogP contribution in [0.15, 0.2) is 53.4 Å². The molecule has 10 heteroatoms. The topological polar surface area (TPSA) is 113 Å². The van der Waals surface area contributed by atoms with E-state index in [4.69, 9.17) is 0 Å². The molecule has 0 aromatic heterocycles. The van der Waals surface area contributed by atoms with Crippen LogP contribution < -0.4 is 10.0 Å². The van der Waals surface area contributed by atoms with Gasteiger partial charge < -0.3 is 5.32 Å². The molecule has 2 aromatic rings. The first-order chi connectivity index (χ1) is 13.7. The Kier molecular flexibility index (Phi) is 6.25. The first-order valence-electron chi connectivity index (χ1n) is 9.15. The molecule has 3 rings (SSSR count). The largest absolute Gasteiger partial charge is 0.322 e. The number of para-hydroxylation sites is 1. The Morgan fingerprint density at radius 1 is 0.897 bits per heavy atom. The summed E-state index contributed by atoms with van der Waals surface area (Å²) in [6.07, 6.45) is 3.75. The summed E-state index contributed by atoms with van der Waals surface area (Å²) in [7, 11) is -7.08. The molecule has 1 amide bonds. The third kappa shape index (κ3) is 5.34. The number of carbonyl (C=O) groups excluding carboxylic acids is 1. The molecule has 1 fully saturated rings.